The molecule has 2 amide bonds. The number of aromatic nitrogens is 2. The number of benzene rings is 2. The number of nitrogens with one attached hydrogen (secondary N) is 2. The molecule has 0 bridgehead atoms. The number of nitrogens with two attached hydrogens (primary N) is 1. The van der Waals surface area contributed by atoms with Gasteiger partial charge in [0.05, 0.1) is 17.4 Å². The van der Waals surface area contributed by atoms with Crippen LogP contribution in [0.3, 0.4) is 0 Å². The molecule has 2 aromatic carbocycles. The molecule has 1 aliphatic rings. The van der Waals surface area contributed by atoms with Crippen molar-refractivity contribution < 1.29 is 9.59 Å². The summed E-state index contributed by atoms with van der Waals surface area (Å²) < 4.78 is 0. The molecule has 7 heteroatoms. The Morgan fingerprint density at radius 1 is 1.22 bits per heavy atom. The quantitative estimate of drug-likeness (QED) is 0.661. The molecule has 0 spiro atoms. The summed E-state index contributed by atoms with van der Waals surface area (Å²) in [5, 5.41) is 2.86. The van der Waals surface area contributed by atoms with Crippen molar-refractivity contribution in [2.75, 3.05) is 25.0 Å². The Morgan fingerprint density at radius 3 is 2.93 bits per heavy atom. The van der Waals surface area contributed by atoms with E-state index in [0.717, 1.165) is 24.0 Å². The van der Waals surface area contributed by atoms with Gasteiger partial charge in [-0.15, -0.1) is 0 Å². The van der Waals surface area contributed by atoms with Gasteiger partial charge >= 0.3 is 0 Å². The molecule has 4 N–H and O–H groups in total. The molecular weight excluding hydrogens is 342 g/mol. The van der Waals surface area contributed by atoms with E-state index in [9.17, 15) is 9.59 Å². The minimum Gasteiger partial charge on any atom is -0.345 e. The fourth-order valence-electron chi connectivity index (χ4n) is 3.40. The van der Waals surface area contributed by atoms with Crippen molar-refractivity contribution in [3.8, 4) is 0 Å². The van der Waals surface area contributed by atoms with Crippen molar-refractivity contribution in [3.63, 3.8) is 0 Å². The van der Waals surface area contributed by atoms with Crippen molar-refractivity contribution in [2.45, 2.75) is 6.42 Å². The zero-order valence-electron chi connectivity index (χ0n) is 14.8. The summed E-state index contributed by atoms with van der Waals surface area (Å²) in [6.07, 6.45) is 2.53. The predicted octanol–water partition coefficient (Wildman–Crippen LogP) is 2.24. The summed E-state index contributed by atoms with van der Waals surface area (Å²) in [4.78, 5) is 34.2. The molecule has 1 fully saturated rings. The largest absolute Gasteiger partial charge is 0.345 e. The highest BCUT2D eigenvalue weighted by Crippen LogP contribution is 2.20. The summed E-state index contributed by atoms with van der Waals surface area (Å²) >= 11 is 0. The number of H-pyrrole nitrogens is 1. The van der Waals surface area contributed by atoms with Gasteiger partial charge in [0.1, 0.15) is 0 Å². The lowest BCUT2D eigenvalue weighted by Gasteiger charge is -2.17. The second-order valence-electron chi connectivity index (χ2n) is 6.81. The number of likely N-dealkylation sites (tertiary alicyclic amines) is 1. The van der Waals surface area contributed by atoms with Crippen molar-refractivity contribution in [1.29, 1.82) is 0 Å². The van der Waals surface area contributed by atoms with Gasteiger partial charge in [-0.2, -0.15) is 0 Å². The molecule has 7 nitrogen and oxygen atoms in total. The fourth-order valence-corrected chi connectivity index (χ4v) is 3.40. The number of rotatable bonds is 4. The number of anilines is 1. The van der Waals surface area contributed by atoms with Crippen molar-refractivity contribution >= 4 is 28.5 Å². The Kier molecular flexibility index (Phi) is 4.60. The molecule has 0 aliphatic carbocycles. The van der Waals surface area contributed by atoms with E-state index in [1.54, 1.807) is 48.8 Å². The lowest BCUT2D eigenvalue weighted by atomic mass is 10.1. The van der Waals surface area contributed by atoms with Crippen molar-refractivity contribution in [2.24, 2.45) is 11.7 Å². The van der Waals surface area contributed by atoms with E-state index in [2.05, 4.69) is 15.3 Å². The zero-order valence-corrected chi connectivity index (χ0v) is 14.8. The molecule has 1 aliphatic heterocycles. The van der Waals surface area contributed by atoms with Gasteiger partial charge in [-0.3, -0.25) is 9.59 Å². The van der Waals surface area contributed by atoms with Crippen molar-refractivity contribution in [1.82, 2.24) is 14.9 Å². The fraction of sp³-hybridized carbons (Fsp3) is 0.250. The van der Waals surface area contributed by atoms with E-state index in [-0.39, 0.29) is 11.8 Å². The third-order valence-corrected chi connectivity index (χ3v) is 4.96. The number of nitrogens with zero attached hydrogens (tertiary/aromatic N) is 2. The maximum Gasteiger partial charge on any atom is 0.255 e. The molecule has 1 unspecified atom stereocenters. The Labute approximate surface area is 156 Å². The van der Waals surface area contributed by atoms with Crippen LogP contribution < -0.4 is 11.1 Å². The van der Waals surface area contributed by atoms with Gasteiger partial charge in [0.15, 0.2) is 0 Å². The van der Waals surface area contributed by atoms with Gasteiger partial charge in [0.25, 0.3) is 11.8 Å². The normalized spacial score (nSPS) is 16.6. The van der Waals surface area contributed by atoms with Crippen LogP contribution in [0.25, 0.3) is 11.0 Å². The Bertz CT molecular complexity index is 997. The molecule has 2 heterocycles. The number of hydrogen-bond donors (Lipinski definition) is 3. The number of imidazole rings is 1. The maximum atomic E-state index is 12.7. The Balaban J connectivity index is 1.48. The third-order valence-electron chi connectivity index (χ3n) is 4.96. The smallest absolute Gasteiger partial charge is 0.255 e. The number of carbonyl (C=O) groups is 2. The topological polar surface area (TPSA) is 104 Å². The van der Waals surface area contributed by atoms with Gasteiger partial charge in [-0.25, -0.2) is 4.98 Å². The molecule has 4 rings (SSSR count). The van der Waals surface area contributed by atoms with Crippen LogP contribution in [0, 0.1) is 5.92 Å². The number of aromatic amines is 1. The van der Waals surface area contributed by atoms with E-state index >= 15 is 0 Å². The molecule has 138 valence electrons. The first-order chi connectivity index (χ1) is 13.1. The van der Waals surface area contributed by atoms with Crippen LogP contribution in [0.1, 0.15) is 27.1 Å². The minimum atomic E-state index is -0.236. The standard InChI is InChI=1S/C20H21N5O2/c21-10-13-6-7-25(11-13)20(27)15-2-1-3-16(8-15)24-19(26)14-4-5-17-18(9-14)23-12-22-17/h1-5,8-9,12-13H,6-7,10-11,21H2,(H,22,23)(H,24,26). The SMILES string of the molecule is NCC1CCN(C(=O)c2cccc(NC(=O)c3ccc4nc[nH]c4c3)c2)C1. The number of amides is 2. The molecule has 0 radical (unpaired) electrons. The number of fused-ring (bicyclic) bond motifs is 1. The molecule has 1 saturated heterocycles. The van der Waals surface area contributed by atoms with Gasteiger partial charge in [-0.1, -0.05) is 6.07 Å². The van der Waals surface area contributed by atoms with Crippen LogP contribution in [-0.4, -0.2) is 46.3 Å². The summed E-state index contributed by atoms with van der Waals surface area (Å²) in [5.41, 5.74) is 8.99. The van der Waals surface area contributed by atoms with Crippen LogP contribution in [0.4, 0.5) is 5.69 Å². The first-order valence-corrected chi connectivity index (χ1v) is 8.98. The van der Waals surface area contributed by atoms with E-state index < -0.39 is 0 Å². The van der Waals surface area contributed by atoms with Gasteiger partial charge in [0, 0.05) is 29.9 Å². The summed E-state index contributed by atoms with van der Waals surface area (Å²) in [6.45, 7) is 2.01. The monoisotopic (exact) mass is 363 g/mol. The first-order valence-electron chi connectivity index (χ1n) is 8.98. The minimum absolute atomic E-state index is 0.0269. The van der Waals surface area contributed by atoms with Crippen LogP contribution in [0.5, 0.6) is 0 Å². The maximum absolute atomic E-state index is 12.7. The molecular formula is C20H21N5O2. The van der Waals surface area contributed by atoms with E-state index in [4.69, 9.17) is 5.73 Å². The van der Waals surface area contributed by atoms with E-state index in [1.165, 1.54) is 0 Å². The molecule has 0 saturated carbocycles. The highest BCUT2D eigenvalue weighted by atomic mass is 16.2. The summed E-state index contributed by atoms with van der Waals surface area (Å²) in [5.74, 6) is 0.107. The number of carbonyl (C=O) groups excluding carboxylic acids is 2. The molecule has 1 atom stereocenters. The second kappa shape index (κ2) is 7.20. The van der Waals surface area contributed by atoms with Gasteiger partial charge in [-0.05, 0) is 55.3 Å². The lowest BCUT2D eigenvalue weighted by Crippen LogP contribution is -2.29. The average Bonchev–Trinajstić information content (AvgIpc) is 3.36. The zero-order chi connectivity index (χ0) is 18.8. The predicted molar refractivity (Wildman–Crippen MR) is 104 cm³/mol. The highest BCUT2D eigenvalue weighted by Gasteiger charge is 2.26. The van der Waals surface area contributed by atoms with Crippen LogP contribution in [-0.2, 0) is 0 Å². The van der Waals surface area contributed by atoms with E-state index in [0.29, 0.717) is 35.8 Å². The van der Waals surface area contributed by atoms with Gasteiger partial charge < -0.3 is 20.9 Å². The Morgan fingerprint density at radius 2 is 2.11 bits per heavy atom. The molecule has 3 aromatic rings. The molecule has 27 heavy (non-hydrogen) atoms. The number of hydrogen-bond acceptors (Lipinski definition) is 4. The summed E-state index contributed by atoms with van der Waals surface area (Å²) in [7, 11) is 0. The van der Waals surface area contributed by atoms with Gasteiger partial charge in [0.2, 0.25) is 0 Å². The lowest BCUT2D eigenvalue weighted by molar-refractivity contribution is 0.0787. The first kappa shape index (κ1) is 17.2. The second-order valence-corrected chi connectivity index (χ2v) is 6.81. The summed E-state index contributed by atoms with van der Waals surface area (Å²) in [6, 6.07) is 12.3. The van der Waals surface area contributed by atoms with Crippen LogP contribution in [0.2, 0.25) is 0 Å². The van der Waals surface area contributed by atoms with E-state index in [1.807, 2.05) is 4.90 Å². The average molecular weight is 363 g/mol. The molecule has 1 aromatic heterocycles. The Hall–Kier alpha value is -3.19. The highest BCUT2D eigenvalue weighted by molar-refractivity contribution is 6.06. The van der Waals surface area contributed by atoms with Crippen molar-refractivity contribution in [3.05, 3.63) is 59.9 Å². The third kappa shape index (κ3) is 3.54. The van der Waals surface area contributed by atoms with Crippen LogP contribution in [0.15, 0.2) is 48.8 Å². The van der Waals surface area contributed by atoms with Crippen LogP contribution >= 0.6 is 0 Å².